The average Bonchev–Trinajstić information content (AvgIpc) is 3.17. The summed E-state index contributed by atoms with van der Waals surface area (Å²) in [5, 5.41) is 0. The van der Waals surface area contributed by atoms with Crippen molar-refractivity contribution in [3.63, 3.8) is 0 Å². The Morgan fingerprint density at radius 3 is 2.02 bits per heavy atom. The standard InChI is InChI=1S/C43H50BN/c1-26-21-31-38-37-32(42(9)19-11-12-20-43(38,42)10)22-27(2)23-34(37)44-33-25-29(41(6,7)8)15-18-35(33)45(36(24-26)39(31)44)30-16-13-28(14-17-30)40(3,4)5/h13-18,21-25,38H,11-12,19-20H2,1-10H3. The summed E-state index contributed by atoms with van der Waals surface area (Å²) in [5.74, 6) is 0.441. The van der Waals surface area contributed by atoms with Gasteiger partial charge in [0.25, 0.3) is 0 Å². The van der Waals surface area contributed by atoms with Crippen LogP contribution in [-0.4, -0.2) is 6.71 Å². The van der Waals surface area contributed by atoms with Crippen molar-refractivity contribution in [2.75, 3.05) is 4.90 Å². The van der Waals surface area contributed by atoms with Gasteiger partial charge in [0.1, 0.15) is 0 Å². The molecule has 2 aliphatic heterocycles. The summed E-state index contributed by atoms with van der Waals surface area (Å²) in [6, 6.07) is 27.1. The molecule has 0 radical (unpaired) electrons. The maximum atomic E-state index is 2.66. The summed E-state index contributed by atoms with van der Waals surface area (Å²) in [6.07, 6.45) is 5.28. The van der Waals surface area contributed by atoms with Crippen LogP contribution in [0.15, 0.2) is 66.7 Å². The largest absolute Gasteiger partial charge is 0.312 e. The number of aryl methyl sites for hydroxylation is 2. The van der Waals surface area contributed by atoms with E-state index in [-0.39, 0.29) is 28.4 Å². The fourth-order valence-corrected chi connectivity index (χ4v) is 10.1. The van der Waals surface area contributed by atoms with Crippen LogP contribution in [-0.2, 0) is 16.2 Å². The second kappa shape index (κ2) is 9.18. The van der Waals surface area contributed by atoms with Gasteiger partial charge in [-0.05, 0) is 117 Å². The Morgan fingerprint density at radius 2 is 1.33 bits per heavy atom. The van der Waals surface area contributed by atoms with Crippen molar-refractivity contribution in [2.24, 2.45) is 5.41 Å². The molecular formula is C43H50BN. The van der Waals surface area contributed by atoms with Gasteiger partial charge in [0.2, 0.25) is 6.71 Å². The lowest BCUT2D eigenvalue weighted by atomic mass is 9.30. The van der Waals surface area contributed by atoms with Crippen molar-refractivity contribution in [3.05, 3.63) is 106 Å². The van der Waals surface area contributed by atoms with Gasteiger partial charge < -0.3 is 4.90 Å². The van der Waals surface area contributed by atoms with Gasteiger partial charge in [0.15, 0.2) is 0 Å². The van der Waals surface area contributed by atoms with Gasteiger partial charge in [0, 0.05) is 23.0 Å². The molecule has 0 bridgehead atoms. The molecule has 4 aromatic carbocycles. The first-order valence-electron chi connectivity index (χ1n) is 17.5. The Morgan fingerprint density at radius 1 is 0.689 bits per heavy atom. The van der Waals surface area contributed by atoms with E-state index in [0.29, 0.717) is 5.92 Å². The molecule has 8 rings (SSSR count). The smallest absolute Gasteiger partial charge is 0.247 e. The van der Waals surface area contributed by atoms with Crippen molar-refractivity contribution in [2.45, 2.75) is 117 Å². The van der Waals surface area contributed by atoms with E-state index in [4.69, 9.17) is 0 Å². The SMILES string of the molecule is Cc1cc2c3c(c1)N(c1ccc(C(C)(C)C)cc1)c1ccc(C(C)(C)C)cc1B3c1cc(C)cc3c1C2C1(C)CCCCC31C. The normalized spacial score (nSPS) is 24.6. The molecule has 0 aromatic heterocycles. The van der Waals surface area contributed by atoms with Gasteiger partial charge in [-0.25, -0.2) is 0 Å². The number of fused-ring (bicyclic) bond motifs is 7. The first-order chi connectivity index (χ1) is 21.1. The molecule has 2 aliphatic carbocycles. The summed E-state index contributed by atoms with van der Waals surface area (Å²) in [4.78, 5) is 2.61. The molecule has 1 saturated carbocycles. The van der Waals surface area contributed by atoms with Gasteiger partial charge >= 0.3 is 0 Å². The van der Waals surface area contributed by atoms with E-state index in [9.17, 15) is 0 Å². The Kier molecular flexibility index (Phi) is 5.95. The molecule has 4 aromatic rings. The minimum absolute atomic E-state index is 0.0756. The second-order valence-corrected chi connectivity index (χ2v) is 17.6. The highest BCUT2D eigenvalue weighted by molar-refractivity contribution is 6.99. The third-order valence-electron chi connectivity index (χ3n) is 12.7. The van der Waals surface area contributed by atoms with Crippen LogP contribution in [0.2, 0.25) is 0 Å². The summed E-state index contributed by atoms with van der Waals surface area (Å²) in [6.45, 7) is 24.2. The zero-order valence-corrected chi connectivity index (χ0v) is 29.3. The van der Waals surface area contributed by atoms with Crippen molar-refractivity contribution in [1.82, 2.24) is 0 Å². The van der Waals surface area contributed by atoms with Crippen molar-refractivity contribution in [3.8, 4) is 0 Å². The lowest BCUT2D eigenvalue weighted by Crippen LogP contribution is -2.62. The van der Waals surface area contributed by atoms with Gasteiger partial charge in [-0.2, -0.15) is 0 Å². The number of hydrogen-bond acceptors (Lipinski definition) is 1. The Hall–Kier alpha value is -3.26. The Labute approximate surface area is 272 Å². The minimum Gasteiger partial charge on any atom is -0.312 e. The second-order valence-electron chi connectivity index (χ2n) is 17.6. The molecule has 1 nitrogen and oxygen atoms in total. The molecule has 3 atom stereocenters. The van der Waals surface area contributed by atoms with E-state index in [2.05, 4.69) is 141 Å². The highest BCUT2D eigenvalue weighted by Crippen LogP contribution is 2.67. The quantitative estimate of drug-likeness (QED) is 0.176. The summed E-state index contributed by atoms with van der Waals surface area (Å²) in [5.41, 5.74) is 19.7. The molecule has 1 fully saturated rings. The van der Waals surface area contributed by atoms with Crippen LogP contribution in [0.4, 0.5) is 17.1 Å². The first kappa shape index (κ1) is 29.2. The molecule has 3 unspecified atom stereocenters. The molecule has 230 valence electrons. The van der Waals surface area contributed by atoms with Crippen molar-refractivity contribution < 1.29 is 0 Å². The third kappa shape index (κ3) is 3.87. The molecule has 45 heavy (non-hydrogen) atoms. The molecule has 0 spiro atoms. The lowest BCUT2D eigenvalue weighted by molar-refractivity contribution is 0.0926. The Balaban J connectivity index is 1.48. The summed E-state index contributed by atoms with van der Waals surface area (Å²) in [7, 11) is 0. The number of benzene rings is 4. The third-order valence-corrected chi connectivity index (χ3v) is 12.7. The van der Waals surface area contributed by atoms with Gasteiger partial charge in [-0.15, -0.1) is 0 Å². The van der Waals surface area contributed by atoms with Crippen LogP contribution in [0.25, 0.3) is 0 Å². The number of hydrogen-bond donors (Lipinski definition) is 0. The van der Waals surface area contributed by atoms with Gasteiger partial charge in [-0.1, -0.05) is 122 Å². The summed E-state index contributed by atoms with van der Waals surface area (Å²) < 4.78 is 0. The lowest BCUT2D eigenvalue weighted by Gasteiger charge is -2.51. The van der Waals surface area contributed by atoms with E-state index in [1.165, 1.54) is 70.5 Å². The van der Waals surface area contributed by atoms with Crippen molar-refractivity contribution >= 4 is 40.2 Å². The van der Waals surface area contributed by atoms with Crippen LogP contribution in [0.1, 0.15) is 126 Å². The van der Waals surface area contributed by atoms with E-state index >= 15 is 0 Å². The zero-order chi connectivity index (χ0) is 31.8. The molecule has 0 amide bonds. The summed E-state index contributed by atoms with van der Waals surface area (Å²) >= 11 is 0. The van der Waals surface area contributed by atoms with Crippen LogP contribution in [0.5, 0.6) is 0 Å². The minimum atomic E-state index is 0.0756. The van der Waals surface area contributed by atoms with Crippen LogP contribution in [0, 0.1) is 19.3 Å². The van der Waals surface area contributed by atoms with E-state index in [0.717, 1.165) is 0 Å². The number of nitrogens with zero attached hydrogens (tertiary/aromatic N) is 1. The van der Waals surface area contributed by atoms with Crippen LogP contribution < -0.4 is 21.3 Å². The fraction of sp³-hybridized carbons (Fsp3) is 0.442. The molecule has 4 aliphatic rings. The molecule has 0 N–H and O–H groups in total. The van der Waals surface area contributed by atoms with Gasteiger partial charge in [-0.3, -0.25) is 0 Å². The first-order valence-corrected chi connectivity index (χ1v) is 17.5. The van der Waals surface area contributed by atoms with E-state index in [1.807, 2.05) is 0 Å². The fourth-order valence-electron chi connectivity index (χ4n) is 10.1. The average molecular weight is 592 g/mol. The maximum Gasteiger partial charge on any atom is 0.247 e. The van der Waals surface area contributed by atoms with E-state index in [1.54, 1.807) is 27.6 Å². The number of anilines is 3. The number of rotatable bonds is 1. The predicted octanol–water partition coefficient (Wildman–Crippen LogP) is 9.49. The highest BCUT2D eigenvalue weighted by Gasteiger charge is 2.62. The van der Waals surface area contributed by atoms with E-state index < -0.39 is 0 Å². The highest BCUT2D eigenvalue weighted by atomic mass is 15.2. The monoisotopic (exact) mass is 591 g/mol. The topological polar surface area (TPSA) is 3.24 Å². The Bertz CT molecular complexity index is 1880. The molecule has 0 saturated heterocycles. The van der Waals surface area contributed by atoms with Crippen LogP contribution >= 0.6 is 0 Å². The van der Waals surface area contributed by atoms with Crippen LogP contribution in [0.3, 0.4) is 0 Å². The predicted molar refractivity (Wildman–Crippen MR) is 195 cm³/mol. The van der Waals surface area contributed by atoms with Crippen molar-refractivity contribution in [1.29, 1.82) is 0 Å². The molecule has 2 heterocycles. The molecular weight excluding hydrogens is 541 g/mol. The zero-order valence-electron chi connectivity index (χ0n) is 29.3. The maximum absolute atomic E-state index is 2.66. The molecule has 2 heteroatoms. The van der Waals surface area contributed by atoms with Gasteiger partial charge in [0.05, 0.1) is 0 Å².